The van der Waals surface area contributed by atoms with Crippen LogP contribution in [0.3, 0.4) is 0 Å². The molecule has 2 aromatic heterocycles. The molecular weight excluding hydrogens is 424 g/mol. The molecule has 5 rings (SSSR count). The summed E-state index contributed by atoms with van der Waals surface area (Å²) in [5.41, 5.74) is 1.49. The lowest BCUT2D eigenvalue weighted by molar-refractivity contribution is 0.147. The second-order valence-corrected chi connectivity index (χ2v) is 9.36. The Morgan fingerprint density at radius 3 is 2.56 bits per heavy atom. The van der Waals surface area contributed by atoms with E-state index in [9.17, 15) is 5.26 Å². The number of benzene rings is 1. The molecule has 0 saturated carbocycles. The van der Waals surface area contributed by atoms with E-state index in [-0.39, 0.29) is 5.92 Å². The summed E-state index contributed by atoms with van der Waals surface area (Å²) in [7, 11) is 0. The van der Waals surface area contributed by atoms with Gasteiger partial charge in [0.2, 0.25) is 5.95 Å². The van der Waals surface area contributed by atoms with E-state index in [1.54, 1.807) is 12.4 Å². The Morgan fingerprint density at radius 2 is 1.84 bits per heavy atom. The van der Waals surface area contributed by atoms with Crippen molar-refractivity contribution in [3.8, 4) is 11.8 Å². The van der Waals surface area contributed by atoms with Crippen LogP contribution >= 0.6 is 11.6 Å². The summed E-state index contributed by atoms with van der Waals surface area (Å²) in [6.07, 6.45) is 5.46. The number of aromatic nitrogens is 5. The molecule has 0 radical (unpaired) electrons. The number of anilines is 1. The molecule has 1 saturated heterocycles. The van der Waals surface area contributed by atoms with Crippen LogP contribution in [0.25, 0.3) is 5.69 Å². The standard InChI is InChI=1S/C23H25ClN8/c1-23(2,15-25)31-13-17-12-18(24)4-5-19(17)32-20(14-31)28-29-21(32)16-6-10-30(11-7-16)22-26-8-3-9-27-22/h3-5,8-9,12,16H,6-7,10-11,13-14H2,1-2H3. The van der Waals surface area contributed by atoms with Crippen molar-refractivity contribution < 1.29 is 0 Å². The second-order valence-electron chi connectivity index (χ2n) is 8.92. The smallest absolute Gasteiger partial charge is 0.225 e. The lowest BCUT2D eigenvalue weighted by Crippen LogP contribution is -2.41. The number of nitrogens with zero attached hydrogens (tertiary/aromatic N) is 8. The van der Waals surface area contributed by atoms with E-state index in [1.807, 2.05) is 38.1 Å². The van der Waals surface area contributed by atoms with Crippen molar-refractivity contribution in [2.75, 3.05) is 18.0 Å². The van der Waals surface area contributed by atoms with E-state index in [4.69, 9.17) is 11.6 Å². The first-order valence-electron chi connectivity index (χ1n) is 10.9. The molecule has 0 N–H and O–H groups in total. The maximum Gasteiger partial charge on any atom is 0.225 e. The molecule has 0 amide bonds. The fourth-order valence-corrected chi connectivity index (χ4v) is 4.74. The third-order valence-corrected chi connectivity index (χ3v) is 6.73. The zero-order valence-corrected chi connectivity index (χ0v) is 19.0. The zero-order valence-electron chi connectivity index (χ0n) is 18.2. The molecule has 1 fully saturated rings. The Bertz CT molecular complexity index is 1160. The van der Waals surface area contributed by atoms with Crippen LogP contribution in [0.15, 0.2) is 36.7 Å². The van der Waals surface area contributed by atoms with Gasteiger partial charge in [0.15, 0.2) is 5.82 Å². The van der Waals surface area contributed by atoms with Gasteiger partial charge in [0.1, 0.15) is 11.4 Å². The van der Waals surface area contributed by atoms with Crippen LogP contribution < -0.4 is 4.90 Å². The van der Waals surface area contributed by atoms with Gasteiger partial charge in [0.25, 0.3) is 0 Å². The lowest BCUT2D eigenvalue weighted by Gasteiger charge is -2.31. The highest BCUT2D eigenvalue weighted by Crippen LogP contribution is 2.35. The molecular formula is C23H25ClN8. The molecule has 8 nitrogen and oxygen atoms in total. The Morgan fingerprint density at radius 1 is 1.09 bits per heavy atom. The zero-order chi connectivity index (χ0) is 22.3. The molecule has 32 heavy (non-hydrogen) atoms. The molecule has 4 heterocycles. The van der Waals surface area contributed by atoms with E-state index in [2.05, 4.69) is 40.6 Å². The molecule has 0 spiro atoms. The van der Waals surface area contributed by atoms with Crippen molar-refractivity contribution in [1.29, 1.82) is 5.26 Å². The van der Waals surface area contributed by atoms with E-state index in [0.717, 1.165) is 54.8 Å². The topological polar surface area (TPSA) is 86.8 Å². The maximum absolute atomic E-state index is 9.74. The van der Waals surface area contributed by atoms with Crippen LogP contribution in [0.2, 0.25) is 5.02 Å². The Hall–Kier alpha value is -3.02. The van der Waals surface area contributed by atoms with Crippen LogP contribution in [0.5, 0.6) is 0 Å². The number of piperidine rings is 1. The fourth-order valence-electron chi connectivity index (χ4n) is 4.55. The SMILES string of the molecule is CC(C)(C#N)N1Cc2cc(Cl)ccc2-n2c(nnc2C2CCN(c3ncccn3)CC2)C1. The van der Waals surface area contributed by atoms with Gasteiger partial charge >= 0.3 is 0 Å². The second kappa shape index (κ2) is 8.15. The quantitative estimate of drug-likeness (QED) is 0.603. The molecule has 2 aliphatic rings. The minimum absolute atomic E-state index is 0.287. The predicted octanol–water partition coefficient (Wildman–Crippen LogP) is 3.71. The highest BCUT2D eigenvalue weighted by molar-refractivity contribution is 6.30. The normalized spacial score (nSPS) is 17.4. The Balaban J connectivity index is 1.49. The van der Waals surface area contributed by atoms with Crippen LogP contribution in [0, 0.1) is 11.3 Å². The van der Waals surface area contributed by atoms with E-state index in [0.29, 0.717) is 18.1 Å². The summed E-state index contributed by atoms with van der Waals surface area (Å²) in [6.45, 7) is 6.80. The number of rotatable bonds is 3. The maximum atomic E-state index is 9.74. The summed E-state index contributed by atoms with van der Waals surface area (Å²) in [4.78, 5) is 13.1. The molecule has 3 aromatic rings. The van der Waals surface area contributed by atoms with Crippen molar-refractivity contribution in [3.05, 3.63) is 58.9 Å². The third kappa shape index (κ3) is 3.72. The van der Waals surface area contributed by atoms with Gasteiger partial charge in [-0.1, -0.05) is 11.6 Å². The average molecular weight is 449 g/mol. The molecule has 164 valence electrons. The van der Waals surface area contributed by atoms with Gasteiger partial charge in [0, 0.05) is 43.0 Å². The fraction of sp³-hybridized carbons (Fsp3) is 0.435. The molecule has 0 aliphatic carbocycles. The summed E-state index contributed by atoms with van der Waals surface area (Å²) < 4.78 is 2.19. The van der Waals surface area contributed by atoms with Gasteiger partial charge in [-0.2, -0.15) is 5.26 Å². The number of hydrogen-bond donors (Lipinski definition) is 0. The minimum Gasteiger partial charge on any atom is -0.341 e. The molecule has 1 aromatic carbocycles. The van der Waals surface area contributed by atoms with Gasteiger partial charge in [-0.25, -0.2) is 9.97 Å². The molecule has 0 atom stereocenters. The van der Waals surface area contributed by atoms with Crippen molar-refractivity contribution in [3.63, 3.8) is 0 Å². The molecule has 9 heteroatoms. The Kier molecular flexibility index (Phi) is 5.31. The van der Waals surface area contributed by atoms with Crippen molar-refractivity contribution >= 4 is 17.5 Å². The molecule has 2 aliphatic heterocycles. The van der Waals surface area contributed by atoms with E-state index in [1.165, 1.54) is 0 Å². The highest BCUT2D eigenvalue weighted by Gasteiger charge is 2.34. The van der Waals surface area contributed by atoms with Crippen LogP contribution in [0.4, 0.5) is 5.95 Å². The van der Waals surface area contributed by atoms with Crippen LogP contribution in [-0.4, -0.2) is 48.3 Å². The van der Waals surface area contributed by atoms with Crippen LogP contribution in [-0.2, 0) is 13.1 Å². The van der Waals surface area contributed by atoms with Crippen molar-refractivity contribution in [2.45, 2.75) is 51.2 Å². The summed E-state index contributed by atoms with van der Waals surface area (Å²) in [5.74, 6) is 2.91. The number of hydrogen-bond acceptors (Lipinski definition) is 7. The number of nitriles is 1. The first-order chi connectivity index (χ1) is 15.5. The van der Waals surface area contributed by atoms with Crippen molar-refractivity contribution in [2.24, 2.45) is 0 Å². The largest absolute Gasteiger partial charge is 0.341 e. The van der Waals surface area contributed by atoms with Crippen LogP contribution in [0.1, 0.15) is 49.8 Å². The van der Waals surface area contributed by atoms with Gasteiger partial charge in [-0.15, -0.1) is 10.2 Å². The minimum atomic E-state index is -0.637. The summed E-state index contributed by atoms with van der Waals surface area (Å²) >= 11 is 6.35. The number of halogens is 1. The first kappa shape index (κ1) is 20.9. The summed E-state index contributed by atoms with van der Waals surface area (Å²) in [6, 6.07) is 10.2. The average Bonchev–Trinajstić information content (AvgIpc) is 3.15. The molecule has 0 unspecified atom stereocenters. The molecule has 0 bridgehead atoms. The third-order valence-electron chi connectivity index (χ3n) is 6.49. The van der Waals surface area contributed by atoms with Gasteiger partial charge < -0.3 is 4.90 Å². The first-order valence-corrected chi connectivity index (χ1v) is 11.3. The Labute approximate surface area is 192 Å². The summed E-state index contributed by atoms with van der Waals surface area (Å²) in [5, 5.41) is 19.7. The van der Waals surface area contributed by atoms with E-state index >= 15 is 0 Å². The van der Waals surface area contributed by atoms with Gasteiger partial charge in [-0.05, 0) is 56.5 Å². The number of fused-ring (bicyclic) bond motifs is 3. The van der Waals surface area contributed by atoms with Crippen molar-refractivity contribution in [1.82, 2.24) is 29.6 Å². The highest BCUT2D eigenvalue weighted by atomic mass is 35.5. The van der Waals surface area contributed by atoms with Gasteiger partial charge in [0.05, 0.1) is 18.3 Å². The predicted molar refractivity (Wildman–Crippen MR) is 122 cm³/mol. The lowest BCUT2D eigenvalue weighted by atomic mass is 9.95. The van der Waals surface area contributed by atoms with Gasteiger partial charge in [-0.3, -0.25) is 9.47 Å². The van der Waals surface area contributed by atoms with E-state index < -0.39 is 5.54 Å². The monoisotopic (exact) mass is 448 g/mol.